The van der Waals surface area contributed by atoms with Crippen molar-refractivity contribution in [1.29, 1.82) is 0 Å². The number of benzene rings is 3. The van der Waals surface area contributed by atoms with E-state index >= 15 is 0 Å². The van der Waals surface area contributed by atoms with E-state index in [1.807, 2.05) is 18.2 Å². The molecular weight excluding hydrogens is 344 g/mol. The maximum atomic E-state index is 11.7. The van der Waals surface area contributed by atoms with Crippen LogP contribution in [0.2, 0.25) is 24.7 Å². The van der Waals surface area contributed by atoms with E-state index in [4.69, 9.17) is 0 Å². The molecule has 0 bridgehead atoms. The van der Waals surface area contributed by atoms with Gasteiger partial charge in [0.25, 0.3) is 0 Å². The average molecular weight is 373 g/mol. The summed E-state index contributed by atoms with van der Waals surface area (Å²) < 4.78 is 0. The van der Waals surface area contributed by atoms with Crippen molar-refractivity contribution in [2.45, 2.75) is 42.6 Å². The van der Waals surface area contributed by atoms with Crippen LogP contribution in [0.25, 0.3) is 0 Å². The fourth-order valence-corrected chi connectivity index (χ4v) is 8.62. The van der Waals surface area contributed by atoms with Gasteiger partial charge >= 0.3 is 0 Å². The summed E-state index contributed by atoms with van der Waals surface area (Å²) in [5, 5.41) is 11.6. The molecule has 0 heterocycles. The highest BCUT2D eigenvalue weighted by atomic mass is 28.3. The summed E-state index contributed by atoms with van der Waals surface area (Å²) in [6.45, 7) is 7.23. The topological polar surface area (TPSA) is 20.2 Å². The van der Waals surface area contributed by atoms with Crippen LogP contribution in [0.3, 0.4) is 0 Å². The summed E-state index contributed by atoms with van der Waals surface area (Å²) in [6.07, 6.45) is 0.533. The highest BCUT2D eigenvalue weighted by molar-refractivity contribution is 6.80. The third-order valence-corrected chi connectivity index (χ3v) is 10.2. The first-order valence-corrected chi connectivity index (χ1v) is 13.3. The van der Waals surface area contributed by atoms with Gasteiger partial charge in [0.05, 0.1) is 14.2 Å². The summed E-state index contributed by atoms with van der Waals surface area (Å²) in [5.41, 5.74) is 3.56. The molecule has 4 rings (SSSR count). The highest BCUT2D eigenvalue weighted by Gasteiger charge is 2.76. The molecule has 0 spiro atoms. The number of aliphatic hydroxyl groups excluding tert-OH is 1. The van der Waals surface area contributed by atoms with Crippen LogP contribution in [0.4, 0.5) is 0 Å². The van der Waals surface area contributed by atoms with Gasteiger partial charge < -0.3 is 5.11 Å². The minimum atomic E-state index is -1.77. The van der Waals surface area contributed by atoms with Gasteiger partial charge in [-0.05, 0) is 23.1 Å². The molecular formula is C25H28OSi. The van der Waals surface area contributed by atoms with E-state index in [1.54, 1.807) is 0 Å². The first-order valence-electron chi connectivity index (χ1n) is 9.77. The summed E-state index contributed by atoms with van der Waals surface area (Å²) in [6, 6.07) is 31.9. The zero-order valence-electron chi connectivity index (χ0n) is 16.4. The summed E-state index contributed by atoms with van der Waals surface area (Å²) in [4.78, 5) is 0. The Balaban J connectivity index is 1.95. The van der Waals surface area contributed by atoms with Gasteiger partial charge in [0, 0.05) is 10.5 Å². The third-order valence-electron chi connectivity index (χ3n) is 6.63. The Morgan fingerprint density at radius 2 is 1.11 bits per heavy atom. The van der Waals surface area contributed by atoms with Gasteiger partial charge in [0.15, 0.2) is 0 Å². The fourth-order valence-electron chi connectivity index (χ4n) is 5.27. The van der Waals surface area contributed by atoms with Gasteiger partial charge in [-0.15, -0.1) is 0 Å². The largest absolute Gasteiger partial charge is 0.388 e. The van der Waals surface area contributed by atoms with E-state index < -0.39 is 14.2 Å². The molecule has 0 radical (unpaired) electrons. The molecule has 1 saturated carbocycles. The molecule has 0 saturated heterocycles. The molecule has 2 atom stereocenters. The molecule has 3 aromatic carbocycles. The molecule has 0 aliphatic heterocycles. The molecule has 0 unspecified atom stereocenters. The lowest BCUT2D eigenvalue weighted by molar-refractivity contribution is 0.149. The Morgan fingerprint density at radius 3 is 1.52 bits per heavy atom. The molecule has 2 heteroatoms. The van der Waals surface area contributed by atoms with Gasteiger partial charge in [-0.3, -0.25) is 0 Å². The van der Waals surface area contributed by atoms with Crippen molar-refractivity contribution < 1.29 is 5.11 Å². The van der Waals surface area contributed by atoms with Crippen LogP contribution in [0.5, 0.6) is 0 Å². The van der Waals surface area contributed by atoms with E-state index in [1.165, 1.54) is 11.1 Å². The summed E-state index contributed by atoms with van der Waals surface area (Å²) >= 11 is 0. The molecule has 138 valence electrons. The van der Waals surface area contributed by atoms with Gasteiger partial charge in [-0.25, -0.2) is 0 Å². The smallest absolute Gasteiger partial charge is 0.0834 e. The Kier molecular flexibility index (Phi) is 4.36. The van der Waals surface area contributed by atoms with Crippen LogP contribution in [0, 0.1) is 0 Å². The monoisotopic (exact) mass is 372 g/mol. The van der Waals surface area contributed by atoms with Crippen molar-refractivity contribution in [2.75, 3.05) is 0 Å². The van der Waals surface area contributed by atoms with Gasteiger partial charge in [0.1, 0.15) is 0 Å². The van der Waals surface area contributed by atoms with Gasteiger partial charge in [-0.1, -0.05) is 111 Å². The van der Waals surface area contributed by atoms with Crippen molar-refractivity contribution in [1.82, 2.24) is 0 Å². The normalized spacial score (nSPS) is 22.2. The van der Waals surface area contributed by atoms with Crippen LogP contribution in [-0.4, -0.2) is 13.2 Å². The van der Waals surface area contributed by atoms with E-state index in [0.29, 0.717) is 0 Å². The lowest BCUT2D eigenvalue weighted by Crippen LogP contribution is -2.40. The molecule has 1 N–H and O–H groups in total. The van der Waals surface area contributed by atoms with Crippen molar-refractivity contribution >= 4 is 8.07 Å². The van der Waals surface area contributed by atoms with Crippen LogP contribution in [-0.2, 0) is 5.41 Å². The first-order chi connectivity index (χ1) is 12.9. The predicted octanol–water partition coefficient (Wildman–Crippen LogP) is 6.19. The number of rotatable bonds is 5. The second kappa shape index (κ2) is 6.47. The third kappa shape index (κ3) is 2.62. The average Bonchev–Trinajstić information content (AvgIpc) is 3.43. The maximum Gasteiger partial charge on any atom is 0.0834 e. The molecule has 3 aromatic rings. The van der Waals surface area contributed by atoms with Crippen molar-refractivity contribution in [3.63, 3.8) is 0 Å². The molecule has 27 heavy (non-hydrogen) atoms. The maximum absolute atomic E-state index is 11.7. The van der Waals surface area contributed by atoms with E-state index in [-0.39, 0.29) is 10.5 Å². The molecule has 1 nitrogen and oxygen atoms in total. The second-order valence-corrected chi connectivity index (χ2v) is 14.2. The van der Waals surface area contributed by atoms with E-state index in [2.05, 4.69) is 92.4 Å². The van der Waals surface area contributed by atoms with Crippen molar-refractivity contribution in [3.8, 4) is 0 Å². The Labute approximate surface area is 163 Å². The lowest BCUT2D eigenvalue weighted by atomic mass is 9.83. The van der Waals surface area contributed by atoms with Gasteiger partial charge in [-0.2, -0.15) is 0 Å². The number of hydrogen-bond donors (Lipinski definition) is 1. The zero-order valence-corrected chi connectivity index (χ0v) is 17.4. The van der Waals surface area contributed by atoms with Crippen LogP contribution >= 0.6 is 0 Å². The molecule has 0 aromatic heterocycles. The van der Waals surface area contributed by atoms with Gasteiger partial charge in [0.2, 0.25) is 0 Å². The van der Waals surface area contributed by atoms with Crippen LogP contribution in [0.1, 0.15) is 29.2 Å². The van der Waals surface area contributed by atoms with E-state index in [0.717, 1.165) is 12.0 Å². The zero-order chi connectivity index (χ0) is 19.1. The number of hydrogen-bond acceptors (Lipinski definition) is 1. The molecule has 1 aliphatic rings. The van der Waals surface area contributed by atoms with Crippen molar-refractivity contribution in [3.05, 3.63) is 108 Å². The fraction of sp³-hybridized carbons (Fsp3) is 0.280. The number of aliphatic hydroxyl groups is 1. The first kappa shape index (κ1) is 18.2. The quantitative estimate of drug-likeness (QED) is 0.530. The predicted molar refractivity (Wildman–Crippen MR) is 116 cm³/mol. The van der Waals surface area contributed by atoms with E-state index in [9.17, 15) is 5.11 Å². The van der Waals surface area contributed by atoms with Crippen LogP contribution < -0.4 is 0 Å². The molecule has 1 fully saturated rings. The standard InChI is InChI=1S/C25H28OSi/c1-27(2,3)25(23(26)20-13-7-4-8-14-20)19-24(25,21-15-9-5-10-16-21)22-17-11-6-12-18-22/h4-18,23,26H,19H2,1-3H3/t23-,25-/m0/s1. The summed E-state index contributed by atoms with van der Waals surface area (Å²) in [7, 11) is -1.77. The second-order valence-electron chi connectivity index (χ2n) is 8.85. The minimum Gasteiger partial charge on any atom is -0.388 e. The van der Waals surface area contributed by atoms with Crippen LogP contribution in [0.15, 0.2) is 91.0 Å². The summed E-state index contributed by atoms with van der Waals surface area (Å²) in [5.74, 6) is 0. The van der Waals surface area contributed by atoms with Crippen molar-refractivity contribution in [2.24, 2.45) is 0 Å². The Morgan fingerprint density at radius 1 is 0.704 bits per heavy atom. The SMILES string of the molecule is C[Si](C)(C)[C@]1([C@@H](O)c2ccccc2)CC1(c1ccccc1)c1ccccc1. The minimum absolute atomic E-state index is 0.130. The Bertz CT molecular complexity index is 860. The Hall–Kier alpha value is -2.16. The lowest BCUT2D eigenvalue weighted by Gasteiger charge is -2.40. The molecule has 0 amide bonds. The highest BCUT2D eigenvalue weighted by Crippen LogP contribution is 2.82. The molecule has 1 aliphatic carbocycles.